The van der Waals surface area contributed by atoms with E-state index in [9.17, 15) is 0 Å². The van der Waals surface area contributed by atoms with E-state index in [1.165, 1.54) is 70.8 Å². The summed E-state index contributed by atoms with van der Waals surface area (Å²) in [6.45, 7) is 0. The Labute approximate surface area is 399 Å². The summed E-state index contributed by atoms with van der Waals surface area (Å²) in [5.74, 6) is 0. The standard InChI is InChI=1S/C66H42N2O/c1-3-14-43(15-4-1)47-31-38-62-60(41-47)61-42-48(32-39-63(61)68(62)49-16-5-2-6-17-49)45-28-35-51(36-29-45)67(64-24-13-23-58-57-22-11-12-25-65(57)69-66(58)64)50-33-26-44(27-34-50)46-30-37-56-54-20-8-7-18-52(54)53-19-9-10-21-55(53)59(56)40-46/h1-42H. The number of hydrogen-bond acceptors (Lipinski definition) is 2. The van der Waals surface area contributed by atoms with Crippen molar-refractivity contribution in [3.05, 3.63) is 255 Å². The minimum Gasteiger partial charge on any atom is -0.454 e. The minimum atomic E-state index is 0.857. The van der Waals surface area contributed by atoms with Crippen molar-refractivity contribution >= 4 is 93.1 Å². The molecule has 0 radical (unpaired) electrons. The van der Waals surface area contributed by atoms with Gasteiger partial charge in [-0.1, -0.05) is 176 Å². The van der Waals surface area contributed by atoms with Crippen molar-refractivity contribution in [2.24, 2.45) is 0 Å². The van der Waals surface area contributed by atoms with Crippen molar-refractivity contribution in [1.82, 2.24) is 4.57 Å². The molecule has 2 heterocycles. The van der Waals surface area contributed by atoms with E-state index in [1.807, 2.05) is 6.07 Å². The van der Waals surface area contributed by atoms with Crippen molar-refractivity contribution in [2.45, 2.75) is 0 Å². The third-order valence-corrected chi connectivity index (χ3v) is 14.2. The highest BCUT2D eigenvalue weighted by molar-refractivity contribution is 6.26. The summed E-state index contributed by atoms with van der Waals surface area (Å²) in [6, 6.07) is 92.4. The molecule has 0 aliphatic carbocycles. The van der Waals surface area contributed by atoms with Crippen LogP contribution in [0.15, 0.2) is 259 Å². The van der Waals surface area contributed by atoms with Crippen LogP contribution in [0.4, 0.5) is 17.1 Å². The number of rotatable bonds is 7. The molecule has 0 saturated heterocycles. The van der Waals surface area contributed by atoms with Crippen molar-refractivity contribution in [3.8, 4) is 39.1 Å². The summed E-state index contributed by atoms with van der Waals surface area (Å²) in [5.41, 5.74) is 15.4. The first-order chi connectivity index (χ1) is 34.2. The maximum atomic E-state index is 6.70. The lowest BCUT2D eigenvalue weighted by Crippen LogP contribution is -2.10. The fourth-order valence-corrected chi connectivity index (χ4v) is 10.9. The molecular weight excluding hydrogens is 837 g/mol. The SMILES string of the molecule is c1ccc(-c2ccc3c(c2)c2cc(-c4ccc(N(c5ccc(-c6ccc7c8ccccc8c8ccccc8c7c6)cc5)c5cccc6c5oc5ccccc56)cc4)ccc2n3-c2ccccc2)cc1. The van der Waals surface area contributed by atoms with Crippen LogP contribution in [0.25, 0.3) is 115 Å². The number of hydrogen-bond donors (Lipinski definition) is 0. The van der Waals surface area contributed by atoms with E-state index >= 15 is 0 Å². The monoisotopic (exact) mass is 878 g/mol. The molecule has 14 rings (SSSR count). The lowest BCUT2D eigenvalue weighted by Gasteiger charge is -2.26. The lowest BCUT2D eigenvalue weighted by atomic mass is 9.92. The Kier molecular flexibility index (Phi) is 8.90. The molecule has 0 aliphatic heterocycles. The van der Waals surface area contributed by atoms with Gasteiger partial charge in [0.25, 0.3) is 0 Å². The number of aromatic nitrogens is 1. The van der Waals surface area contributed by atoms with Crippen LogP contribution >= 0.6 is 0 Å². The highest BCUT2D eigenvalue weighted by Gasteiger charge is 2.21. The number of anilines is 3. The molecule has 2 aromatic heterocycles. The van der Waals surface area contributed by atoms with Gasteiger partial charge >= 0.3 is 0 Å². The van der Waals surface area contributed by atoms with E-state index in [0.29, 0.717) is 0 Å². The van der Waals surface area contributed by atoms with Crippen LogP contribution in [-0.2, 0) is 0 Å². The van der Waals surface area contributed by atoms with Gasteiger partial charge in [-0.05, 0) is 145 Å². The fourth-order valence-electron chi connectivity index (χ4n) is 10.9. The molecule has 12 aromatic carbocycles. The van der Waals surface area contributed by atoms with Gasteiger partial charge in [0.05, 0.1) is 16.7 Å². The molecule has 3 nitrogen and oxygen atoms in total. The number of nitrogens with zero attached hydrogens (tertiary/aromatic N) is 2. The molecule has 0 spiro atoms. The second-order valence-electron chi connectivity index (χ2n) is 18.0. The summed E-state index contributed by atoms with van der Waals surface area (Å²) in [6.07, 6.45) is 0. The van der Waals surface area contributed by atoms with Gasteiger partial charge in [0, 0.05) is 38.6 Å². The van der Waals surface area contributed by atoms with Gasteiger partial charge in [-0.15, -0.1) is 0 Å². The molecule has 0 fully saturated rings. The van der Waals surface area contributed by atoms with E-state index in [-0.39, 0.29) is 0 Å². The van der Waals surface area contributed by atoms with Crippen LogP contribution in [0.2, 0.25) is 0 Å². The van der Waals surface area contributed by atoms with Crippen LogP contribution in [-0.4, -0.2) is 4.57 Å². The molecule has 0 atom stereocenters. The Morgan fingerprint density at radius 1 is 0.275 bits per heavy atom. The van der Waals surface area contributed by atoms with Crippen LogP contribution < -0.4 is 4.90 Å². The second kappa shape index (κ2) is 15.7. The first-order valence-electron chi connectivity index (χ1n) is 23.7. The van der Waals surface area contributed by atoms with Crippen LogP contribution in [0, 0.1) is 0 Å². The summed E-state index contributed by atoms with van der Waals surface area (Å²) in [4.78, 5) is 2.33. The molecule has 0 amide bonds. The quantitative estimate of drug-likeness (QED) is 0.149. The Balaban J connectivity index is 0.885. The average molecular weight is 879 g/mol. The average Bonchev–Trinajstić information content (AvgIpc) is 3.97. The third-order valence-electron chi connectivity index (χ3n) is 14.2. The van der Waals surface area contributed by atoms with Crippen molar-refractivity contribution in [1.29, 1.82) is 0 Å². The van der Waals surface area contributed by atoms with Crippen molar-refractivity contribution in [3.63, 3.8) is 0 Å². The number of furan rings is 1. The lowest BCUT2D eigenvalue weighted by molar-refractivity contribution is 0.669. The topological polar surface area (TPSA) is 21.3 Å². The molecule has 0 bridgehead atoms. The minimum absolute atomic E-state index is 0.857. The van der Waals surface area contributed by atoms with Crippen molar-refractivity contribution < 1.29 is 4.42 Å². The summed E-state index contributed by atoms with van der Waals surface area (Å²) in [7, 11) is 0. The first kappa shape index (κ1) is 39.0. The van der Waals surface area contributed by atoms with E-state index in [4.69, 9.17) is 4.42 Å². The summed E-state index contributed by atoms with van der Waals surface area (Å²) in [5, 5.41) is 12.3. The van der Waals surface area contributed by atoms with Gasteiger partial charge in [-0.2, -0.15) is 0 Å². The molecule has 322 valence electrons. The molecule has 14 aromatic rings. The zero-order valence-corrected chi connectivity index (χ0v) is 37.6. The third kappa shape index (κ3) is 6.36. The van der Waals surface area contributed by atoms with Crippen LogP contribution in [0.3, 0.4) is 0 Å². The van der Waals surface area contributed by atoms with Gasteiger partial charge in [0.15, 0.2) is 5.58 Å². The van der Waals surface area contributed by atoms with E-state index in [0.717, 1.165) is 61.4 Å². The maximum absolute atomic E-state index is 6.70. The number of fused-ring (bicyclic) bond motifs is 12. The first-order valence-corrected chi connectivity index (χ1v) is 23.7. The van der Waals surface area contributed by atoms with Crippen LogP contribution in [0.5, 0.6) is 0 Å². The summed E-state index contributed by atoms with van der Waals surface area (Å²) < 4.78 is 9.09. The van der Waals surface area contributed by atoms with Gasteiger partial charge in [-0.3, -0.25) is 0 Å². The Morgan fingerprint density at radius 2 is 0.696 bits per heavy atom. The molecular formula is C66H42N2O. The molecule has 0 saturated carbocycles. The van der Waals surface area contributed by atoms with Crippen LogP contribution in [0.1, 0.15) is 0 Å². The smallest absolute Gasteiger partial charge is 0.159 e. The zero-order chi connectivity index (χ0) is 45.4. The molecule has 69 heavy (non-hydrogen) atoms. The van der Waals surface area contributed by atoms with Gasteiger partial charge in [-0.25, -0.2) is 0 Å². The number of para-hydroxylation sites is 3. The number of benzene rings is 12. The maximum Gasteiger partial charge on any atom is 0.159 e. The molecule has 0 N–H and O–H groups in total. The Hall–Kier alpha value is -9.18. The highest BCUT2D eigenvalue weighted by Crippen LogP contribution is 2.44. The van der Waals surface area contributed by atoms with Gasteiger partial charge < -0.3 is 13.9 Å². The fraction of sp³-hybridized carbons (Fsp3) is 0. The largest absolute Gasteiger partial charge is 0.454 e. The Bertz CT molecular complexity index is 4240. The van der Waals surface area contributed by atoms with Gasteiger partial charge in [0.2, 0.25) is 0 Å². The predicted molar refractivity (Wildman–Crippen MR) is 292 cm³/mol. The summed E-state index contributed by atoms with van der Waals surface area (Å²) >= 11 is 0. The van der Waals surface area contributed by atoms with E-state index in [2.05, 4.69) is 258 Å². The zero-order valence-electron chi connectivity index (χ0n) is 37.6. The normalized spacial score (nSPS) is 11.8. The molecule has 3 heteroatoms. The highest BCUT2D eigenvalue weighted by atomic mass is 16.3. The van der Waals surface area contributed by atoms with Crippen molar-refractivity contribution in [2.75, 3.05) is 4.90 Å². The molecule has 0 unspecified atom stereocenters. The Morgan fingerprint density at radius 3 is 1.28 bits per heavy atom. The van der Waals surface area contributed by atoms with Gasteiger partial charge in [0.1, 0.15) is 5.58 Å². The molecule has 0 aliphatic rings. The second-order valence-corrected chi connectivity index (χ2v) is 18.0. The van der Waals surface area contributed by atoms with E-state index < -0.39 is 0 Å². The predicted octanol–water partition coefficient (Wildman–Crippen LogP) is 18.6. The van der Waals surface area contributed by atoms with E-state index in [1.54, 1.807) is 0 Å².